The van der Waals surface area contributed by atoms with Crippen LogP contribution in [0, 0.1) is 0 Å². The summed E-state index contributed by atoms with van der Waals surface area (Å²) in [7, 11) is 0.681. The number of nitrogens with zero attached hydrogens (tertiary/aromatic N) is 3. The number of sulfone groups is 1. The van der Waals surface area contributed by atoms with Crippen LogP contribution >= 0.6 is 0 Å². The quantitative estimate of drug-likeness (QED) is 0.642. The molecule has 0 amide bonds. The predicted octanol–water partition coefficient (Wildman–Crippen LogP) is 0.610. The third-order valence-electron chi connectivity index (χ3n) is 3.90. The molecule has 0 bridgehead atoms. The van der Waals surface area contributed by atoms with E-state index in [1.165, 1.54) is 5.56 Å². The fraction of sp³-hybridized carbons (Fsp3) is 0.643. The summed E-state index contributed by atoms with van der Waals surface area (Å²) in [6.07, 6.45) is 4.04. The van der Waals surface area contributed by atoms with Gasteiger partial charge in [0, 0.05) is 46.1 Å². The number of aryl methyl sites for hydroxylation is 1. The molecule has 1 aromatic heterocycles. The molecule has 2 heterocycles. The highest BCUT2D eigenvalue weighted by Gasteiger charge is 2.40. The third-order valence-corrected chi connectivity index (χ3v) is 6.43. The Labute approximate surface area is 126 Å². The first-order chi connectivity index (χ1) is 9.75. The van der Waals surface area contributed by atoms with Gasteiger partial charge in [0.25, 0.3) is 0 Å². The van der Waals surface area contributed by atoms with Crippen molar-refractivity contribution in [2.24, 2.45) is 12.0 Å². The van der Waals surface area contributed by atoms with Gasteiger partial charge in [0.15, 0.2) is 15.8 Å². The highest BCUT2D eigenvalue weighted by molar-refractivity contribution is 7.92. The van der Waals surface area contributed by atoms with Gasteiger partial charge in [-0.3, -0.25) is 4.99 Å². The highest BCUT2D eigenvalue weighted by Crippen LogP contribution is 2.23. The van der Waals surface area contributed by atoms with E-state index in [0.29, 0.717) is 19.6 Å². The lowest BCUT2D eigenvalue weighted by Crippen LogP contribution is -2.57. The lowest BCUT2D eigenvalue weighted by Gasteiger charge is -2.39. The van der Waals surface area contributed by atoms with Gasteiger partial charge in [-0.2, -0.15) is 0 Å². The normalized spacial score (nSPS) is 21.3. The van der Waals surface area contributed by atoms with Crippen LogP contribution in [0.15, 0.2) is 23.5 Å². The van der Waals surface area contributed by atoms with Crippen molar-refractivity contribution in [1.29, 1.82) is 0 Å². The second-order valence-corrected chi connectivity index (χ2v) is 8.83. The topological polar surface area (TPSA) is 66.7 Å². The van der Waals surface area contributed by atoms with Gasteiger partial charge < -0.3 is 14.8 Å². The minimum absolute atomic E-state index is 0.173. The fourth-order valence-corrected chi connectivity index (χ4v) is 3.87. The van der Waals surface area contributed by atoms with Crippen LogP contribution in [0.5, 0.6) is 0 Å². The average molecular weight is 312 g/mol. The minimum atomic E-state index is -3.03. The molecule has 0 aromatic carbocycles. The summed E-state index contributed by atoms with van der Waals surface area (Å²) in [5.41, 5.74) is 1.17. The summed E-state index contributed by atoms with van der Waals surface area (Å²) in [5.74, 6) is 0.924. The maximum atomic E-state index is 12.1. The zero-order chi connectivity index (χ0) is 15.7. The first-order valence-electron chi connectivity index (χ1n) is 7.04. The Bertz CT molecular complexity index is 631. The first kappa shape index (κ1) is 15.9. The van der Waals surface area contributed by atoms with Crippen LogP contribution in [-0.4, -0.2) is 54.5 Å². The number of hydrogen-bond acceptors (Lipinski definition) is 3. The van der Waals surface area contributed by atoms with E-state index in [-0.39, 0.29) is 5.75 Å². The van der Waals surface area contributed by atoms with Crippen molar-refractivity contribution >= 4 is 15.8 Å². The SMILES string of the molecule is CN=C(NCc1ccn(C)c1)N1CCS(=O)(=O)C(C)(C)C1. The summed E-state index contributed by atoms with van der Waals surface area (Å²) in [6, 6.07) is 2.05. The van der Waals surface area contributed by atoms with Crippen LogP contribution in [0.25, 0.3) is 0 Å². The zero-order valence-corrected chi connectivity index (χ0v) is 13.9. The van der Waals surface area contributed by atoms with Crippen molar-refractivity contribution in [3.63, 3.8) is 0 Å². The zero-order valence-electron chi connectivity index (χ0n) is 13.1. The summed E-state index contributed by atoms with van der Waals surface area (Å²) < 4.78 is 25.4. The van der Waals surface area contributed by atoms with E-state index in [9.17, 15) is 8.42 Å². The van der Waals surface area contributed by atoms with Crippen LogP contribution in [0.3, 0.4) is 0 Å². The Kier molecular flexibility index (Phi) is 4.32. The molecule has 0 aliphatic carbocycles. The molecule has 1 saturated heterocycles. The molecule has 6 nitrogen and oxygen atoms in total. The number of rotatable bonds is 2. The van der Waals surface area contributed by atoms with E-state index in [0.717, 1.165) is 5.96 Å². The molecular formula is C14H24N4O2S. The number of aromatic nitrogens is 1. The van der Waals surface area contributed by atoms with Crippen molar-refractivity contribution < 1.29 is 8.42 Å². The maximum absolute atomic E-state index is 12.1. The molecule has 1 aliphatic heterocycles. The highest BCUT2D eigenvalue weighted by atomic mass is 32.2. The molecule has 1 aromatic rings. The van der Waals surface area contributed by atoms with Crippen LogP contribution in [0.1, 0.15) is 19.4 Å². The second kappa shape index (κ2) is 5.71. The van der Waals surface area contributed by atoms with E-state index < -0.39 is 14.6 Å². The molecule has 118 valence electrons. The van der Waals surface area contributed by atoms with Crippen molar-refractivity contribution in [3.8, 4) is 0 Å². The van der Waals surface area contributed by atoms with Crippen LogP contribution in [0.2, 0.25) is 0 Å². The Balaban J connectivity index is 2.02. The number of guanidine groups is 1. The number of aliphatic imine (C=N–C) groups is 1. The van der Waals surface area contributed by atoms with Gasteiger partial charge in [-0.05, 0) is 25.5 Å². The van der Waals surface area contributed by atoms with Gasteiger partial charge in [-0.1, -0.05) is 0 Å². The van der Waals surface area contributed by atoms with Gasteiger partial charge in [-0.25, -0.2) is 8.42 Å². The maximum Gasteiger partial charge on any atom is 0.193 e. The molecule has 1 aliphatic rings. The molecule has 0 unspecified atom stereocenters. The second-order valence-electron chi connectivity index (χ2n) is 6.09. The molecule has 0 radical (unpaired) electrons. The minimum Gasteiger partial charge on any atom is -0.357 e. The molecular weight excluding hydrogens is 288 g/mol. The van der Waals surface area contributed by atoms with Crippen molar-refractivity contribution in [2.75, 3.05) is 25.9 Å². The molecule has 1 N–H and O–H groups in total. The standard InChI is InChI=1S/C14H24N4O2S/c1-14(2)11-18(7-8-21(14,19)20)13(15-3)16-9-12-5-6-17(4)10-12/h5-6,10H,7-9,11H2,1-4H3,(H,15,16). The Hall–Kier alpha value is -1.50. The van der Waals surface area contributed by atoms with Gasteiger partial charge in [0.1, 0.15) is 0 Å². The Morgan fingerprint density at radius 1 is 1.48 bits per heavy atom. The van der Waals surface area contributed by atoms with Gasteiger partial charge >= 0.3 is 0 Å². The number of nitrogens with one attached hydrogen (secondary N) is 1. The van der Waals surface area contributed by atoms with Crippen LogP contribution in [-0.2, 0) is 23.4 Å². The summed E-state index contributed by atoms with van der Waals surface area (Å²) in [5, 5.41) is 3.30. The molecule has 2 rings (SSSR count). The lowest BCUT2D eigenvalue weighted by atomic mass is 10.2. The number of hydrogen-bond donors (Lipinski definition) is 1. The average Bonchev–Trinajstić information content (AvgIpc) is 2.80. The van der Waals surface area contributed by atoms with E-state index in [1.807, 2.05) is 35.0 Å². The molecule has 0 saturated carbocycles. The fourth-order valence-electron chi connectivity index (χ4n) is 2.50. The third kappa shape index (κ3) is 3.40. The van der Waals surface area contributed by atoms with E-state index in [2.05, 4.69) is 10.3 Å². The van der Waals surface area contributed by atoms with Crippen LogP contribution < -0.4 is 5.32 Å². The van der Waals surface area contributed by atoms with E-state index >= 15 is 0 Å². The Morgan fingerprint density at radius 2 is 2.19 bits per heavy atom. The van der Waals surface area contributed by atoms with Crippen molar-refractivity contribution in [2.45, 2.75) is 25.1 Å². The van der Waals surface area contributed by atoms with Crippen molar-refractivity contribution in [3.05, 3.63) is 24.0 Å². The Morgan fingerprint density at radius 3 is 2.71 bits per heavy atom. The van der Waals surface area contributed by atoms with E-state index in [1.54, 1.807) is 20.9 Å². The largest absolute Gasteiger partial charge is 0.357 e. The monoisotopic (exact) mass is 312 g/mol. The summed E-state index contributed by atoms with van der Waals surface area (Å²) in [4.78, 5) is 6.29. The molecule has 0 atom stereocenters. The molecule has 21 heavy (non-hydrogen) atoms. The van der Waals surface area contributed by atoms with Gasteiger partial charge in [0.2, 0.25) is 0 Å². The van der Waals surface area contributed by atoms with Gasteiger partial charge in [0.05, 0.1) is 10.5 Å². The summed E-state index contributed by atoms with van der Waals surface area (Å²) in [6.45, 7) is 5.18. The smallest absolute Gasteiger partial charge is 0.193 e. The van der Waals surface area contributed by atoms with E-state index in [4.69, 9.17) is 0 Å². The molecule has 7 heteroatoms. The van der Waals surface area contributed by atoms with Crippen molar-refractivity contribution in [1.82, 2.24) is 14.8 Å². The molecule has 1 fully saturated rings. The first-order valence-corrected chi connectivity index (χ1v) is 8.69. The molecule has 0 spiro atoms. The summed E-state index contributed by atoms with van der Waals surface area (Å²) >= 11 is 0. The van der Waals surface area contributed by atoms with Crippen LogP contribution in [0.4, 0.5) is 0 Å². The lowest BCUT2D eigenvalue weighted by molar-refractivity contribution is 0.353. The van der Waals surface area contributed by atoms with Gasteiger partial charge in [-0.15, -0.1) is 0 Å². The predicted molar refractivity (Wildman–Crippen MR) is 85.1 cm³/mol.